The smallest absolute Gasteiger partial charge is 0.328 e. The number of methoxy groups -OCH3 is 1. The molecule has 0 saturated carbocycles. The average Bonchev–Trinajstić information content (AvgIpc) is 1.84. The third-order valence-electron chi connectivity index (χ3n) is 1.63. The molecule has 0 aliphatic carbocycles. The molecule has 0 radical (unpaired) electrons. The fourth-order valence-corrected chi connectivity index (χ4v) is 1.01. The van der Waals surface area contributed by atoms with Crippen LogP contribution < -0.4 is 0 Å². The fourth-order valence-electron chi connectivity index (χ4n) is 1.01. The van der Waals surface area contributed by atoms with E-state index < -0.39 is 5.97 Å². The molecule has 0 fully saturated rings. The first kappa shape index (κ1) is 11.2. The molecule has 0 spiro atoms. The summed E-state index contributed by atoms with van der Waals surface area (Å²) in [4.78, 5) is 10.3. The molecule has 0 bridgehead atoms. The van der Waals surface area contributed by atoms with Crippen molar-refractivity contribution in [2.24, 2.45) is 0 Å². The monoisotopic (exact) mass is 172 g/mol. The molecule has 3 heteroatoms. The Kier molecular flexibility index (Phi) is 3.96. The zero-order valence-corrected chi connectivity index (χ0v) is 8.05. The number of ether oxygens (including phenoxy) is 1. The van der Waals surface area contributed by atoms with Crippen LogP contribution in [0.25, 0.3) is 0 Å². The lowest BCUT2D eigenvalue weighted by molar-refractivity contribution is -0.131. The predicted octanol–water partition coefficient (Wildman–Crippen LogP) is 1.83. The van der Waals surface area contributed by atoms with Crippen molar-refractivity contribution in [2.75, 3.05) is 7.11 Å². The van der Waals surface area contributed by atoms with Gasteiger partial charge in [-0.05, 0) is 27.2 Å². The van der Waals surface area contributed by atoms with Gasteiger partial charge in [0.15, 0.2) is 0 Å². The summed E-state index contributed by atoms with van der Waals surface area (Å²) in [6.07, 6.45) is 1.84. The van der Waals surface area contributed by atoms with Crippen LogP contribution in [-0.4, -0.2) is 23.8 Å². The van der Waals surface area contributed by atoms with Gasteiger partial charge in [0.25, 0.3) is 0 Å². The van der Waals surface area contributed by atoms with Crippen molar-refractivity contribution in [2.45, 2.75) is 32.8 Å². The number of aliphatic carboxylic acids is 1. The van der Waals surface area contributed by atoms with Gasteiger partial charge in [0.1, 0.15) is 0 Å². The molecule has 0 amide bonds. The van der Waals surface area contributed by atoms with E-state index in [0.29, 0.717) is 6.42 Å². The zero-order valence-electron chi connectivity index (χ0n) is 8.05. The second-order valence-corrected chi connectivity index (χ2v) is 3.47. The molecule has 0 aromatic rings. The van der Waals surface area contributed by atoms with Gasteiger partial charge < -0.3 is 9.84 Å². The predicted molar refractivity (Wildman–Crippen MR) is 47.1 cm³/mol. The van der Waals surface area contributed by atoms with E-state index in [1.54, 1.807) is 14.0 Å². The summed E-state index contributed by atoms with van der Waals surface area (Å²) < 4.78 is 5.16. The molecule has 0 rings (SSSR count). The first-order valence-corrected chi connectivity index (χ1v) is 3.82. The second kappa shape index (κ2) is 4.26. The van der Waals surface area contributed by atoms with Crippen molar-refractivity contribution in [3.05, 3.63) is 11.6 Å². The van der Waals surface area contributed by atoms with Crippen molar-refractivity contribution in [1.82, 2.24) is 0 Å². The summed E-state index contributed by atoms with van der Waals surface area (Å²) in [5.74, 6) is -0.903. The van der Waals surface area contributed by atoms with Gasteiger partial charge in [-0.15, -0.1) is 0 Å². The molecule has 0 unspecified atom stereocenters. The molecular formula is C9H16O3. The van der Waals surface area contributed by atoms with E-state index in [4.69, 9.17) is 9.84 Å². The molecule has 12 heavy (non-hydrogen) atoms. The molecule has 0 heterocycles. The average molecular weight is 172 g/mol. The first-order chi connectivity index (χ1) is 5.37. The lowest BCUT2D eigenvalue weighted by Crippen LogP contribution is -2.22. The molecule has 0 atom stereocenters. The van der Waals surface area contributed by atoms with E-state index in [1.807, 2.05) is 13.8 Å². The van der Waals surface area contributed by atoms with E-state index in [9.17, 15) is 4.79 Å². The van der Waals surface area contributed by atoms with E-state index in [-0.39, 0.29) is 5.60 Å². The maximum atomic E-state index is 10.3. The summed E-state index contributed by atoms with van der Waals surface area (Å²) in [6, 6.07) is 0. The van der Waals surface area contributed by atoms with Crippen molar-refractivity contribution in [3.63, 3.8) is 0 Å². The second-order valence-electron chi connectivity index (χ2n) is 3.47. The Morgan fingerprint density at radius 1 is 1.58 bits per heavy atom. The molecule has 0 aromatic carbocycles. The Morgan fingerprint density at radius 2 is 2.08 bits per heavy atom. The Bertz CT molecular complexity index is 192. The first-order valence-electron chi connectivity index (χ1n) is 3.82. The molecular weight excluding hydrogens is 156 g/mol. The molecule has 3 nitrogen and oxygen atoms in total. The topological polar surface area (TPSA) is 46.5 Å². The van der Waals surface area contributed by atoms with Crippen LogP contribution in [0.1, 0.15) is 27.2 Å². The molecule has 0 aliphatic rings. The summed E-state index contributed by atoms with van der Waals surface area (Å²) in [5, 5.41) is 8.44. The normalized spacial score (nSPS) is 13.2. The quantitative estimate of drug-likeness (QED) is 0.658. The highest BCUT2D eigenvalue weighted by atomic mass is 16.5. The Hall–Kier alpha value is -0.830. The van der Waals surface area contributed by atoms with E-state index in [1.165, 1.54) is 6.08 Å². The highest BCUT2D eigenvalue weighted by Crippen LogP contribution is 2.18. The van der Waals surface area contributed by atoms with Gasteiger partial charge in [-0.25, -0.2) is 4.79 Å². The van der Waals surface area contributed by atoms with Crippen molar-refractivity contribution >= 4 is 5.97 Å². The molecule has 0 aromatic heterocycles. The summed E-state index contributed by atoms with van der Waals surface area (Å²) in [6.45, 7) is 5.63. The molecule has 0 aliphatic heterocycles. The fraction of sp³-hybridized carbons (Fsp3) is 0.667. The number of hydrogen-bond donors (Lipinski definition) is 1. The van der Waals surface area contributed by atoms with Gasteiger partial charge in [-0.2, -0.15) is 0 Å². The molecule has 70 valence electrons. The maximum Gasteiger partial charge on any atom is 0.328 e. The van der Waals surface area contributed by atoms with Gasteiger partial charge >= 0.3 is 5.97 Å². The third kappa shape index (κ3) is 4.91. The lowest BCUT2D eigenvalue weighted by Gasteiger charge is -2.22. The number of hydrogen-bond acceptors (Lipinski definition) is 2. The van der Waals surface area contributed by atoms with Crippen LogP contribution in [0.2, 0.25) is 0 Å². The van der Waals surface area contributed by atoms with Crippen LogP contribution >= 0.6 is 0 Å². The van der Waals surface area contributed by atoms with E-state index in [2.05, 4.69) is 0 Å². The standard InChI is InChI=1S/C9H16O3/c1-7(5-8(10)11)6-9(2,3)12-4/h5H,6H2,1-4H3,(H,10,11)/b7-5+. The Balaban J connectivity index is 4.17. The van der Waals surface area contributed by atoms with Crippen LogP contribution in [0.5, 0.6) is 0 Å². The minimum atomic E-state index is -0.903. The summed E-state index contributed by atoms with van der Waals surface area (Å²) >= 11 is 0. The number of rotatable bonds is 4. The third-order valence-corrected chi connectivity index (χ3v) is 1.63. The zero-order chi connectivity index (χ0) is 9.78. The van der Waals surface area contributed by atoms with Gasteiger partial charge in [-0.3, -0.25) is 0 Å². The van der Waals surface area contributed by atoms with Gasteiger partial charge in [-0.1, -0.05) is 5.57 Å². The van der Waals surface area contributed by atoms with Crippen molar-refractivity contribution in [3.8, 4) is 0 Å². The van der Waals surface area contributed by atoms with Gasteiger partial charge in [0.05, 0.1) is 5.60 Å². The van der Waals surface area contributed by atoms with Crippen LogP contribution in [0.3, 0.4) is 0 Å². The SMILES string of the molecule is COC(C)(C)C/C(C)=C/C(=O)O. The minimum Gasteiger partial charge on any atom is -0.478 e. The van der Waals surface area contributed by atoms with E-state index >= 15 is 0 Å². The number of carbonyl (C=O) groups is 1. The number of carboxylic acid groups (broad SMARTS) is 1. The van der Waals surface area contributed by atoms with Crippen molar-refractivity contribution in [1.29, 1.82) is 0 Å². The summed E-state index contributed by atoms with van der Waals surface area (Å²) in [5.41, 5.74) is 0.532. The van der Waals surface area contributed by atoms with Crippen LogP contribution in [0.4, 0.5) is 0 Å². The Morgan fingerprint density at radius 3 is 2.42 bits per heavy atom. The lowest BCUT2D eigenvalue weighted by atomic mass is 9.99. The van der Waals surface area contributed by atoms with Crippen molar-refractivity contribution < 1.29 is 14.6 Å². The highest BCUT2D eigenvalue weighted by Gasteiger charge is 2.16. The van der Waals surface area contributed by atoms with Crippen LogP contribution in [0, 0.1) is 0 Å². The van der Waals surface area contributed by atoms with E-state index in [0.717, 1.165) is 5.57 Å². The molecule has 1 N–H and O–H groups in total. The highest BCUT2D eigenvalue weighted by molar-refractivity contribution is 5.80. The minimum absolute atomic E-state index is 0.282. The van der Waals surface area contributed by atoms with Gasteiger partial charge in [0.2, 0.25) is 0 Å². The van der Waals surface area contributed by atoms with Crippen LogP contribution in [0.15, 0.2) is 11.6 Å². The molecule has 0 saturated heterocycles. The maximum absolute atomic E-state index is 10.3. The summed E-state index contributed by atoms with van der Waals surface area (Å²) in [7, 11) is 1.62. The van der Waals surface area contributed by atoms with Crippen LogP contribution in [-0.2, 0) is 9.53 Å². The Labute approximate surface area is 73.0 Å². The number of carboxylic acids is 1. The van der Waals surface area contributed by atoms with Gasteiger partial charge in [0, 0.05) is 13.2 Å². The largest absolute Gasteiger partial charge is 0.478 e.